The molecule has 3 aliphatic rings. The Hall–Kier alpha value is -0.810. The van der Waals surface area contributed by atoms with Crippen molar-refractivity contribution in [3.63, 3.8) is 0 Å². The lowest BCUT2D eigenvalue weighted by Gasteiger charge is -2.32. The van der Waals surface area contributed by atoms with Crippen molar-refractivity contribution in [2.75, 3.05) is 20.2 Å². The predicted molar refractivity (Wildman–Crippen MR) is 80.0 cm³/mol. The average Bonchev–Trinajstić information content (AvgIpc) is 3.28. The summed E-state index contributed by atoms with van der Waals surface area (Å²) in [6.07, 6.45) is 8.13. The predicted octanol–water partition coefficient (Wildman–Crippen LogP) is 2.50. The topological polar surface area (TPSA) is 50.8 Å². The summed E-state index contributed by atoms with van der Waals surface area (Å²) in [7, 11) is 1.88. The number of hydrogen-bond donors (Lipinski definition) is 1. The van der Waals surface area contributed by atoms with E-state index in [-0.39, 0.29) is 17.9 Å². The summed E-state index contributed by atoms with van der Waals surface area (Å²) in [5.41, 5.74) is 0. The largest absolute Gasteiger partial charge is 0.347 e. The molecule has 1 N–H and O–H groups in total. The molecule has 2 amide bonds. The quantitative estimate of drug-likeness (QED) is 0.867. The zero-order valence-corrected chi connectivity index (χ0v) is 13.3. The summed E-state index contributed by atoms with van der Waals surface area (Å²) in [6, 6.07) is 0.332. The molecule has 0 aromatic carbocycles. The lowest BCUT2D eigenvalue weighted by atomic mass is 9.94. The van der Waals surface area contributed by atoms with E-state index in [1.54, 1.807) is 0 Å². The van der Waals surface area contributed by atoms with Crippen LogP contribution in [0.4, 0.5) is 4.79 Å². The number of amides is 2. The van der Waals surface area contributed by atoms with Crippen LogP contribution in [0.5, 0.6) is 0 Å². The molecule has 1 aliphatic heterocycles. The lowest BCUT2D eigenvalue weighted by molar-refractivity contribution is -0.186. The van der Waals surface area contributed by atoms with E-state index in [0.29, 0.717) is 25.1 Å². The third-order valence-electron chi connectivity index (χ3n) is 5.25. The molecule has 3 fully saturated rings. The Balaban J connectivity index is 1.42. The first-order valence-corrected chi connectivity index (χ1v) is 8.42. The number of rotatable bonds is 4. The van der Waals surface area contributed by atoms with Gasteiger partial charge >= 0.3 is 6.03 Å². The Labute approximate surface area is 127 Å². The maximum Gasteiger partial charge on any atom is 0.317 e. The minimum atomic E-state index is -0.346. The summed E-state index contributed by atoms with van der Waals surface area (Å²) >= 11 is 0. The minimum absolute atomic E-state index is 0.00240. The molecule has 0 aromatic rings. The maximum atomic E-state index is 12.2. The standard InChI is InChI=1S/C16H28N2O3/c1-12(13-6-7-13)18(2)15(19)17-10-14-11-20-16(21-14)8-4-3-5-9-16/h12-14H,3-11H2,1-2H3,(H,17,19)/t12-,14-/m0/s1. The molecule has 0 unspecified atom stereocenters. The molecule has 0 aromatic heterocycles. The molecule has 1 heterocycles. The highest BCUT2D eigenvalue weighted by Gasteiger charge is 2.42. The molecule has 5 nitrogen and oxygen atoms in total. The second-order valence-corrected chi connectivity index (χ2v) is 6.90. The Kier molecular flexibility index (Phi) is 4.41. The van der Waals surface area contributed by atoms with Crippen LogP contribution in [0.1, 0.15) is 51.9 Å². The van der Waals surface area contributed by atoms with Crippen LogP contribution in [0, 0.1) is 5.92 Å². The zero-order chi connectivity index (χ0) is 14.9. The van der Waals surface area contributed by atoms with E-state index in [9.17, 15) is 4.79 Å². The van der Waals surface area contributed by atoms with Gasteiger partial charge in [0.1, 0.15) is 6.10 Å². The molecule has 2 atom stereocenters. The highest BCUT2D eigenvalue weighted by Crippen LogP contribution is 2.37. The van der Waals surface area contributed by atoms with Crippen molar-refractivity contribution in [1.29, 1.82) is 0 Å². The fourth-order valence-corrected chi connectivity index (χ4v) is 3.48. The van der Waals surface area contributed by atoms with E-state index in [1.807, 2.05) is 11.9 Å². The van der Waals surface area contributed by atoms with Gasteiger partial charge in [0, 0.05) is 32.5 Å². The van der Waals surface area contributed by atoms with Gasteiger partial charge in [0.25, 0.3) is 0 Å². The van der Waals surface area contributed by atoms with Crippen molar-refractivity contribution in [1.82, 2.24) is 10.2 Å². The van der Waals surface area contributed by atoms with Crippen molar-refractivity contribution < 1.29 is 14.3 Å². The van der Waals surface area contributed by atoms with Gasteiger partial charge in [0.2, 0.25) is 0 Å². The van der Waals surface area contributed by atoms with Crippen LogP contribution < -0.4 is 5.32 Å². The third kappa shape index (κ3) is 3.51. The van der Waals surface area contributed by atoms with Gasteiger partial charge in [-0.25, -0.2) is 4.79 Å². The molecule has 3 rings (SSSR count). The summed E-state index contributed by atoms with van der Waals surface area (Å²) in [5, 5.41) is 2.99. The monoisotopic (exact) mass is 296 g/mol. The molecule has 5 heteroatoms. The lowest BCUT2D eigenvalue weighted by Crippen LogP contribution is -2.46. The van der Waals surface area contributed by atoms with Crippen LogP contribution in [0.15, 0.2) is 0 Å². The summed E-state index contributed by atoms with van der Waals surface area (Å²) in [5.74, 6) is 0.346. The van der Waals surface area contributed by atoms with Crippen molar-refractivity contribution in [2.45, 2.75) is 69.8 Å². The first kappa shape index (κ1) is 15.1. The smallest absolute Gasteiger partial charge is 0.317 e. The van der Waals surface area contributed by atoms with E-state index in [4.69, 9.17) is 9.47 Å². The fraction of sp³-hybridized carbons (Fsp3) is 0.938. The van der Waals surface area contributed by atoms with Crippen LogP contribution in [0.3, 0.4) is 0 Å². The van der Waals surface area contributed by atoms with Gasteiger partial charge in [-0.1, -0.05) is 6.42 Å². The molecule has 120 valence electrons. The molecular weight excluding hydrogens is 268 g/mol. The highest BCUT2D eigenvalue weighted by molar-refractivity contribution is 5.74. The molecule has 1 saturated heterocycles. The van der Waals surface area contributed by atoms with Gasteiger partial charge < -0.3 is 19.7 Å². The van der Waals surface area contributed by atoms with Crippen molar-refractivity contribution >= 4 is 6.03 Å². The van der Waals surface area contributed by atoms with Gasteiger partial charge in [-0.05, 0) is 38.5 Å². The average molecular weight is 296 g/mol. The fourth-order valence-electron chi connectivity index (χ4n) is 3.48. The number of hydrogen-bond acceptors (Lipinski definition) is 3. The second kappa shape index (κ2) is 6.13. The highest BCUT2D eigenvalue weighted by atomic mass is 16.7. The van der Waals surface area contributed by atoms with Crippen molar-refractivity contribution in [2.24, 2.45) is 5.92 Å². The van der Waals surface area contributed by atoms with Crippen LogP contribution in [-0.4, -0.2) is 49.1 Å². The van der Waals surface area contributed by atoms with Crippen LogP contribution in [0.2, 0.25) is 0 Å². The molecule has 1 spiro atoms. The first-order valence-electron chi connectivity index (χ1n) is 8.42. The summed E-state index contributed by atoms with van der Waals surface area (Å²) in [4.78, 5) is 14.0. The third-order valence-corrected chi connectivity index (χ3v) is 5.25. The SMILES string of the molecule is C[C@@H](C1CC1)N(C)C(=O)NC[C@H]1COC2(CCCCC2)O1. The normalized spacial score (nSPS) is 29.3. The molecule has 2 saturated carbocycles. The van der Waals surface area contributed by atoms with E-state index in [0.717, 1.165) is 12.8 Å². The van der Waals surface area contributed by atoms with Gasteiger partial charge in [-0.15, -0.1) is 0 Å². The van der Waals surface area contributed by atoms with E-state index < -0.39 is 0 Å². The van der Waals surface area contributed by atoms with Gasteiger partial charge in [-0.2, -0.15) is 0 Å². The van der Waals surface area contributed by atoms with Crippen LogP contribution in [0.25, 0.3) is 0 Å². The van der Waals surface area contributed by atoms with Crippen molar-refractivity contribution in [3.05, 3.63) is 0 Å². The molecular formula is C16H28N2O3. The number of carbonyl (C=O) groups is 1. The molecule has 0 bridgehead atoms. The van der Waals surface area contributed by atoms with Crippen molar-refractivity contribution in [3.8, 4) is 0 Å². The summed E-state index contributed by atoms with van der Waals surface area (Å²) in [6.45, 7) is 3.27. The number of nitrogens with one attached hydrogen (secondary N) is 1. The Morgan fingerprint density at radius 3 is 2.71 bits per heavy atom. The Morgan fingerprint density at radius 1 is 1.33 bits per heavy atom. The second-order valence-electron chi connectivity index (χ2n) is 6.90. The number of nitrogens with zero attached hydrogens (tertiary/aromatic N) is 1. The first-order chi connectivity index (χ1) is 10.1. The number of urea groups is 1. The van der Waals surface area contributed by atoms with Gasteiger partial charge in [-0.3, -0.25) is 0 Å². The van der Waals surface area contributed by atoms with E-state index >= 15 is 0 Å². The van der Waals surface area contributed by atoms with E-state index in [2.05, 4.69) is 12.2 Å². The van der Waals surface area contributed by atoms with Crippen LogP contribution in [-0.2, 0) is 9.47 Å². The van der Waals surface area contributed by atoms with Gasteiger partial charge in [0.05, 0.1) is 6.61 Å². The summed E-state index contributed by atoms with van der Waals surface area (Å²) < 4.78 is 12.0. The maximum absolute atomic E-state index is 12.2. The Morgan fingerprint density at radius 2 is 2.05 bits per heavy atom. The Bertz CT molecular complexity index is 378. The van der Waals surface area contributed by atoms with Gasteiger partial charge in [0.15, 0.2) is 5.79 Å². The minimum Gasteiger partial charge on any atom is -0.347 e. The molecule has 2 aliphatic carbocycles. The zero-order valence-electron chi connectivity index (χ0n) is 13.3. The number of carbonyl (C=O) groups excluding carboxylic acids is 1. The van der Waals surface area contributed by atoms with E-state index in [1.165, 1.54) is 32.1 Å². The van der Waals surface area contributed by atoms with Crippen LogP contribution >= 0.6 is 0 Å². The molecule has 21 heavy (non-hydrogen) atoms. The number of ether oxygens (including phenoxy) is 2. The molecule has 0 radical (unpaired) electrons.